The number of likely N-dealkylation sites (N-methyl/N-ethyl adjacent to an activating group) is 1. The van der Waals surface area contributed by atoms with Crippen molar-refractivity contribution in [1.29, 1.82) is 0 Å². The zero-order valence-corrected chi connectivity index (χ0v) is 10.4. The summed E-state index contributed by atoms with van der Waals surface area (Å²) in [6.07, 6.45) is 0.445. The summed E-state index contributed by atoms with van der Waals surface area (Å²) in [5, 5.41) is 8.76. The van der Waals surface area contributed by atoms with E-state index in [2.05, 4.69) is 0 Å². The molecule has 0 radical (unpaired) electrons. The molecule has 0 aliphatic rings. The normalized spacial score (nSPS) is 12.2. The van der Waals surface area contributed by atoms with Crippen LogP contribution in [-0.4, -0.2) is 36.1 Å². The summed E-state index contributed by atoms with van der Waals surface area (Å²) in [5.41, 5.74) is 7.44. The fourth-order valence-corrected chi connectivity index (χ4v) is 1.63. The third-order valence-corrected chi connectivity index (χ3v) is 2.85. The van der Waals surface area contributed by atoms with Gasteiger partial charge in [0.15, 0.2) is 0 Å². The van der Waals surface area contributed by atoms with Gasteiger partial charge in [0, 0.05) is 25.7 Å². The van der Waals surface area contributed by atoms with Crippen LogP contribution < -0.4 is 5.73 Å². The maximum Gasteiger partial charge on any atom is 0.222 e. The molecule has 0 saturated heterocycles. The van der Waals surface area contributed by atoms with Crippen molar-refractivity contribution >= 4 is 11.6 Å². The number of hydrogen-bond acceptors (Lipinski definition) is 3. The lowest BCUT2D eigenvalue weighted by molar-refractivity contribution is -0.130. The highest BCUT2D eigenvalue weighted by Gasteiger charge is 2.14. The first kappa shape index (κ1) is 13.5. The number of amides is 1. The van der Waals surface area contributed by atoms with E-state index in [-0.39, 0.29) is 18.4 Å². The van der Waals surface area contributed by atoms with Gasteiger partial charge < -0.3 is 15.7 Å². The van der Waals surface area contributed by atoms with Crippen LogP contribution in [0.15, 0.2) is 24.3 Å². The van der Waals surface area contributed by atoms with Crippen molar-refractivity contribution < 1.29 is 9.90 Å². The number of anilines is 1. The Hall–Kier alpha value is -1.55. The Bertz CT molecular complexity index is 362. The van der Waals surface area contributed by atoms with Crippen LogP contribution in [0.5, 0.6) is 0 Å². The van der Waals surface area contributed by atoms with Gasteiger partial charge in [-0.25, -0.2) is 0 Å². The van der Waals surface area contributed by atoms with Crippen LogP contribution in [0.25, 0.3) is 0 Å². The monoisotopic (exact) mass is 236 g/mol. The van der Waals surface area contributed by atoms with Gasteiger partial charge in [-0.2, -0.15) is 0 Å². The van der Waals surface area contributed by atoms with E-state index in [1.807, 2.05) is 31.2 Å². The summed E-state index contributed by atoms with van der Waals surface area (Å²) < 4.78 is 0. The summed E-state index contributed by atoms with van der Waals surface area (Å²) in [7, 11) is 1.70. The molecule has 0 heterocycles. The fourth-order valence-electron chi connectivity index (χ4n) is 1.63. The predicted octanol–water partition coefficient (Wildman–Crippen LogP) is 1.21. The summed E-state index contributed by atoms with van der Waals surface area (Å²) in [6, 6.07) is 7.57. The first-order valence-electron chi connectivity index (χ1n) is 5.75. The second kappa shape index (κ2) is 6.25. The van der Waals surface area contributed by atoms with Crippen molar-refractivity contribution in [3.8, 4) is 0 Å². The zero-order valence-electron chi connectivity index (χ0n) is 10.4. The zero-order chi connectivity index (χ0) is 12.8. The molecule has 1 amide bonds. The lowest BCUT2D eigenvalue weighted by Crippen LogP contribution is -2.30. The van der Waals surface area contributed by atoms with Crippen molar-refractivity contribution in [2.75, 3.05) is 25.9 Å². The van der Waals surface area contributed by atoms with Gasteiger partial charge in [-0.05, 0) is 23.6 Å². The van der Waals surface area contributed by atoms with Crippen molar-refractivity contribution in [3.05, 3.63) is 29.8 Å². The van der Waals surface area contributed by atoms with Gasteiger partial charge in [0.1, 0.15) is 0 Å². The summed E-state index contributed by atoms with van der Waals surface area (Å²) >= 11 is 0. The number of nitrogens with zero attached hydrogens (tertiary/aromatic N) is 1. The Labute approximate surface area is 102 Å². The van der Waals surface area contributed by atoms with Gasteiger partial charge >= 0.3 is 0 Å². The molecule has 0 spiro atoms. The third-order valence-electron chi connectivity index (χ3n) is 2.85. The quantitative estimate of drug-likeness (QED) is 0.755. The summed E-state index contributed by atoms with van der Waals surface area (Å²) in [6.45, 7) is 2.39. The summed E-state index contributed by atoms with van der Waals surface area (Å²) in [4.78, 5) is 13.3. The molecule has 4 heteroatoms. The van der Waals surface area contributed by atoms with Crippen molar-refractivity contribution in [1.82, 2.24) is 4.90 Å². The topological polar surface area (TPSA) is 66.6 Å². The molecule has 1 aromatic carbocycles. The summed E-state index contributed by atoms with van der Waals surface area (Å²) in [5.74, 6) is 0.201. The second-order valence-corrected chi connectivity index (χ2v) is 4.31. The number of carbonyl (C=O) groups is 1. The van der Waals surface area contributed by atoms with Crippen LogP contribution in [0.1, 0.15) is 24.8 Å². The Balaban J connectivity index is 2.57. The van der Waals surface area contributed by atoms with E-state index < -0.39 is 0 Å². The molecule has 94 valence electrons. The molecule has 0 aromatic heterocycles. The number of hydrogen-bond donors (Lipinski definition) is 2. The Morgan fingerprint density at radius 1 is 1.41 bits per heavy atom. The van der Waals surface area contributed by atoms with Crippen LogP contribution in [-0.2, 0) is 4.79 Å². The maximum atomic E-state index is 11.8. The standard InChI is InChI=1S/C13H20N2O2/c1-10(9-13(17)15(2)7-8-16)11-3-5-12(14)6-4-11/h3-6,10,16H,7-9,14H2,1-2H3. The number of aliphatic hydroxyl groups is 1. The molecule has 1 aromatic rings. The van der Waals surface area contributed by atoms with E-state index in [1.54, 1.807) is 11.9 Å². The highest BCUT2D eigenvalue weighted by molar-refractivity contribution is 5.76. The van der Waals surface area contributed by atoms with Crippen LogP contribution in [0, 0.1) is 0 Å². The smallest absolute Gasteiger partial charge is 0.222 e. The van der Waals surface area contributed by atoms with Gasteiger partial charge in [-0.3, -0.25) is 4.79 Å². The van der Waals surface area contributed by atoms with Gasteiger partial charge in [-0.15, -0.1) is 0 Å². The molecule has 3 N–H and O–H groups in total. The molecular formula is C13H20N2O2. The van der Waals surface area contributed by atoms with E-state index in [9.17, 15) is 4.79 Å². The van der Waals surface area contributed by atoms with Gasteiger partial charge in [-0.1, -0.05) is 19.1 Å². The minimum atomic E-state index is -0.00150. The molecule has 0 aliphatic heterocycles. The number of rotatable bonds is 5. The first-order chi connectivity index (χ1) is 8.04. The molecule has 1 atom stereocenters. The first-order valence-corrected chi connectivity index (χ1v) is 5.75. The SMILES string of the molecule is CC(CC(=O)N(C)CCO)c1ccc(N)cc1. The van der Waals surface area contributed by atoms with Gasteiger partial charge in [0.25, 0.3) is 0 Å². The molecule has 17 heavy (non-hydrogen) atoms. The molecule has 1 rings (SSSR count). The maximum absolute atomic E-state index is 11.8. The minimum absolute atomic E-state index is 0.00150. The molecular weight excluding hydrogens is 216 g/mol. The number of benzene rings is 1. The van der Waals surface area contributed by atoms with Crippen LogP contribution >= 0.6 is 0 Å². The number of nitrogen functional groups attached to an aromatic ring is 1. The van der Waals surface area contributed by atoms with Gasteiger partial charge in [0.2, 0.25) is 5.91 Å². The minimum Gasteiger partial charge on any atom is -0.399 e. The lowest BCUT2D eigenvalue weighted by atomic mass is 9.97. The molecule has 1 unspecified atom stereocenters. The van der Waals surface area contributed by atoms with Crippen LogP contribution in [0.3, 0.4) is 0 Å². The number of nitrogens with two attached hydrogens (primary N) is 1. The Morgan fingerprint density at radius 2 is 2.00 bits per heavy atom. The average molecular weight is 236 g/mol. The largest absolute Gasteiger partial charge is 0.399 e. The highest BCUT2D eigenvalue weighted by Crippen LogP contribution is 2.20. The number of aliphatic hydroxyl groups excluding tert-OH is 1. The van der Waals surface area contributed by atoms with Crippen molar-refractivity contribution in [2.45, 2.75) is 19.3 Å². The molecule has 0 fully saturated rings. The van der Waals surface area contributed by atoms with E-state index >= 15 is 0 Å². The predicted molar refractivity (Wildman–Crippen MR) is 68.6 cm³/mol. The molecule has 0 aliphatic carbocycles. The van der Waals surface area contributed by atoms with E-state index in [0.717, 1.165) is 11.3 Å². The van der Waals surface area contributed by atoms with Crippen LogP contribution in [0.4, 0.5) is 5.69 Å². The van der Waals surface area contributed by atoms with Crippen molar-refractivity contribution in [2.24, 2.45) is 0 Å². The fraction of sp³-hybridized carbons (Fsp3) is 0.462. The van der Waals surface area contributed by atoms with E-state index in [1.165, 1.54) is 0 Å². The molecule has 0 bridgehead atoms. The molecule has 0 saturated carbocycles. The lowest BCUT2D eigenvalue weighted by Gasteiger charge is -2.18. The highest BCUT2D eigenvalue weighted by atomic mass is 16.3. The Morgan fingerprint density at radius 3 is 2.53 bits per heavy atom. The average Bonchev–Trinajstić information content (AvgIpc) is 2.30. The second-order valence-electron chi connectivity index (χ2n) is 4.31. The molecule has 4 nitrogen and oxygen atoms in total. The van der Waals surface area contributed by atoms with Gasteiger partial charge in [0.05, 0.1) is 6.61 Å². The third kappa shape index (κ3) is 4.07. The van der Waals surface area contributed by atoms with E-state index in [0.29, 0.717) is 13.0 Å². The number of carbonyl (C=O) groups excluding carboxylic acids is 1. The van der Waals surface area contributed by atoms with Crippen molar-refractivity contribution in [3.63, 3.8) is 0 Å². The van der Waals surface area contributed by atoms with E-state index in [4.69, 9.17) is 10.8 Å². The Kier molecular flexibility index (Phi) is 4.97. The van der Waals surface area contributed by atoms with Crippen LogP contribution in [0.2, 0.25) is 0 Å².